The maximum Gasteiger partial charge on any atom is 0.262 e. The molecule has 3 rings (SSSR count). The van der Waals surface area contributed by atoms with Gasteiger partial charge in [-0.2, -0.15) is 0 Å². The van der Waals surface area contributed by atoms with Gasteiger partial charge in [0, 0.05) is 25.6 Å². The number of hydrogen-bond acceptors (Lipinski definition) is 7. The van der Waals surface area contributed by atoms with Crippen molar-refractivity contribution in [2.75, 3.05) is 18.7 Å². The van der Waals surface area contributed by atoms with Crippen LogP contribution in [0.25, 0.3) is 10.2 Å². The van der Waals surface area contributed by atoms with Gasteiger partial charge in [-0.05, 0) is 18.2 Å². The molecule has 2 heterocycles. The molecule has 1 amide bonds. The molecule has 0 unspecified atom stereocenters. The van der Waals surface area contributed by atoms with Gasteiger partial charge in [0.05, 0.1) is 27.8 Å². The Hall–Kier alpha value is -2.72. The van der Waals surface area contributed by atoms with Crippen molar-refractivity contribution in [3.63, 3.8) is 0 Å². The summed E-state index contributed by atoms with van der Waals surface area (Å²) in [4.78, 5) is 28.6. The third-order valence-electron chi connectivity index (χ3n) is 3.66. The second kappa shape index (κ2) is 6.54. The molecule has 1 N–H and O–H groups in total. The molecular weight excluding hydrogens is 378 g/mol. The largest absolute Gasteiger partial charge is 0.496 e. The molecule has 0 saturated heterocycles. The molecule has 136 valence electrons. The second-order valence-corrected chi connectivity index (χ2v) is 8.63. The topological polar surface area (TPSA) is 107 Å². The van der Waals surface area contributed by atoms with Crippen LogP contribution in [-0.4, -0.2) is 37.2 Å². The zero-order chi connectivity index (χ0) is 19.1. The second-order valence-electron chi connectivity index (χ2n) is 5.58. The van der Waals surface area contributed by atoms with Crippen LogP contribution in [0.3, 0.4) is 0 Å². The SMILES string of the molecule is COc1cc(=O)n(C)cc1C(=O)Nc1nc2ccc(S(C)(=O)=O)cc2s1. The predicted octanol–water partition coefficient (Wildman–Crippen LogP) is 1.66. The van der Waals surface area contributed by atoms with Crippen LogP contribution in [0.5, 0.6) is 5.75 Å². The molecule has 0 spiro atoms. The molecule has 0 radical (unpaired) electrons. The zero-order valence-corrected chi connectivity index (χ0v) is 15.8. The van der Waals surface area contributed by atoms with Crippen molar-refractivity contribution in [1.29, 1.82) is 0 Å². The molecule has 0 saturated carbocycles. The number of anilines is 1. The first-order chi connectivity index (χ1) is 12.2. The smallest absolute Gasteiger partial charge is 0.262 e. The maximum atomic E-state index is 12.5. The van der Waals surface area contributed by atoms with Gasteiger partial charge in [-0.15, -0.1) is 0 Å². The van der Waals surface area contributed by atoms with E-state index < -0.39 is 15.7 Å². The van der Waals surface area contributed by atoms with Gasteiger partial charge in [-0.25, -0.2) is 13.4 Å². The van der Waals surface area contributed by atoms with Gasteiger partial charge in [-0.1, -0.05) is 11.3 Å². The highest BCUT2D eigenvalue weighted by Crippen LogP contribution is 2.29. The summed E-state index contributed by atoms with van der Waals surface area (Å²) in [6.07, 6.45) is 2.51. The van der Waals surface area contributed by atoms with Crippen molar-refractivity contribution in [2.45, 2.75) is 4.90 Å². The summed E-state index contributed by atoms with van der Waals surface area (Å²) in [6.45, 7) is 0. The maximum absolute atomic E-state index is 12.5. The number of amides is 1. The monoisotopic (exact) mass is 393 g/mol. The Balaban J connectivity index is 1.95. The average Bonchev–Trinajstić information content (AvgIpc) is 2.97. The van der Waals surface area contributed by atoms with Crippen molar-refractivity contribution in [2.24, 2.45) is 7.05 Å². The summed E-state index contributed by atoms with van der Waals surface area (Å²) in [5.74, 6) is -0.328. The minimum absolute atomic E-state index is 0.158. The molecule has 1 aromatic carbocycles. The lowest BCUT2D eigenvalue weighted by molar-refractivity contribution is 0.102. The summed E-state index contributed by atoms with van der Waals surface area (Å²) in [5.41, 5.74) is 0.461. The predicted molar refractivity (Wildman–Crippen MR) is 98.9 cm³/mol. The normalized spacial score (nSPS) is 11.5. The number of hydrogen-bond donors (Lipinski definition) is 1. The van der Waals surface area contributed by atoms with Crippen LogP contribution in [0, 0.1) is 0 Å². The van der Waals surface area contributed by atoms with E-state index in [1.807, 2.05) is 0 Å². The summed E-state index contributed by atoms with van der Waals surface area (Å²) in [6, 6.07) is 5.81. The van der Waals surface area contributed by atoms with Crippen molar-refractivity contribution in [3.05, 3.63) is 46.4 Å². The number of carbonyl (C=O) groups is 1. The number of carbonyl (C=O) groups excluding carboxylic acids is 1. The Morgan fingerprint density at radius 1 is 1.31 bits per heavy atom. The van der Waals surface area contributed by atoms with E-state index in [4.69, 9.17) is 4.74 Å². The van der Waals surface area contributed by atoms with Gasteiger partial charge in [-0.3, -0.25) is 14.9 Å². The van der Waals surface area contributed by atoms with E-state index in [9.17, 15) is 18.0 Å². The van der Waals surface area contributed by atoms with Crippen LogP contribution in [-0.2, 0) is 16.9 Å². The molecule has 0 aliphatic carbocycles. The number of pyridine rings is 1. The fourth-order valence-electron chi connectivity index (χ4n) is 2.31. The van der Waals surface area contributed by atoms with E-state index in [1.54, 1.807) is 6.07 Å². The van der Waals surface area contributed by atoms with Gasteiger partial charge in [0.15, 0.2) is 15.0 Å². The number of nitrogens with zero attached hydrogens (tertiary/aromatic N) is 2. The third kappa shape index (κ3) is 3.46. The van der Waals surface area contributed by atoms with Crippen LogP contribution < -0.4 is 15.6 Å². The minimum Gasteiger partial charge on any atom is -0.496 e. The molecule has 10 heteroatoms. The fraction of sp³-hybridized carbons (Fsp3) is 0.188. The quantitative estimate of drug-likeness (QED) is 0.722. The van der Waals surface area contributed by atoms with E-state index in [0.717, 1.165) is 17.6 Å². The first-order valence-corrected chi connectivity index (χ1v) is 10.1. The third-order valence-corrected chi connectivity index (χ3v) is 5.71. The highest BCUT2D eigenvalue weighted by molar-refractivity contribution is 7.90. The Kier molecular flexibility index (Phi) is 4.55. The molecule has 26 heavy (non-hydrogen) atoms. The highest BCUT2D eigenvalue weighted by atomic mass is 32.2. The van der Waals surface area contributed by atoms with Crippen molar-refractivity contribution < 1.29 is 17.9 Å². The molecular formula is C16H15N3O5S2. The minimum atomic E-state index is -3.33. The number of sulfone groups is 1. The number of nitrogens with one attached hydrogen (secondary N) is 1. The standard InChI is InChI=1S/C16H15N3O5S2/c1-19-8-10(12(24-2)7-14(19)20)15(21)18-16-17-11-5-4-9(26(3,22)23)6-13(11)25-16/h4-8H,1-3H3,(H,17,18,21). The van der Waals surface area contributed by atoms with E-state index in [-0.39, 0.29) is 21.8 Å². The zero-order valence-electron chi connectivity index (χ0n) is 14.1. The Labute approximate surface area is 153 Å². The molecule has 8 nitrogen and oxygen atoms in total. The van der Waals surface area contributed by atoms with Gasteiger partial charge in [0.1, 0.15) is 5.75 Å². The molecule has 3 aromatic rings. The number of rotatable bonds is 4. The summed E-state index contributed by atoms with van der Waals surface area (Å²) < 4.78 is 30.3. The van der Waals surface area contributed by atoms with Crippen LogP contribution in [0.1, 0.15) is 10.4 Å². The first kappa shape index (κ1) is 18.1. The summed E-state index contributed by atoms with van der Waals surface area (Å²) >= 11 is 1.15. The summed E-state index contributed by atoms with van der Waals surface area (Å²) in [5, 5.41) is 2.96. The van der Waals surface area contributed by atoms with Crippen LogP contribution in [0.15, 0.2) is 40.2 Å². The number of aromatic nitrogens is 2. The van der Waals surface area contributed by atoms with Crippen LogP contribution >= 0.6 is 11.3 Å². The van der Waals surface area contributed by atoms with E-state index in [0.29, 0.717) is 15.3 Å². The Bertz CT molecular complexity index is 1180. The first-order valence-electron chi connectivity index (χ1n) is 7.35. The Morgan fingerprint density at radius 2 is 2.04 bits per heavy atom. The number of methoxy groups -OCH3 is 1. The average molecular weight is 393 g/mol. The lowest BCUT2D eigenvalue weighted by Gasteiger charge is -2.09. The highest BCUT2D eigenvalue weighted by Gasteiger charge is 2.17. The van der Waals surface area contributed by atoms with E-state index in [2.05, 4.69) is 10.3 Å². The summed E-state index contributed by atoms with van der Waals surface area (Å²) in [7, 11) is -0.425. The molecule has 0 aliphatic heterocycles. The lowest BCUT2D eigenvalue weighted by Crippen LogP contribution is -2.21. The van der Waals surface area contributed by atoms with Gasteiger partial charge < -0.3 is 9.30 Å². The molecule has 2 aromatic heterocycles. The van der Waals surface area contributed by atoms with Gasteiger partial charge in [0.25, 0.3) is 11.5 Å². The van der Waals surface area contributed by atoms with Gasteiger partial charge in [0.2, 0.25) is 0 Å². The molecule has 0 atom stereocenters. The number of ether oxygens (including phenoxy) is 1. The number of fused-ring (bicyclic) bond motifs is 1. The molecule has 0 fully saturated rings. The van der Waals surface area contributed by atoms with Crippen molar-refractivity contribution in [1.82, 2.24) is 9.55 Å². The lowest BCUT2D eigenvalue weighted by atomic mass is 10.2. The number of benzene rings is 1. The Morgan fingerprint density at radius 3 is 2.69 bits per heavy atom. The van der Waals surface area contributed by atoms with E-state index >= 15 is 0 Å². The van der Waals surface area contributed by atoms with Crippen molar-refractivity contribution >= 4 is 42.4 Å². The van der Waals surface area contributed by atoms with Crippen molar-refractivity contribution in [3.8, 4) is 5.75 Å². The van der Waals surface area contributed by atoms with Crippen LogP contribution in [0.2, 0.25) is 0 Å². The number of aryl methyl sites for hydroxylation is 1. The van der Waals surface area contributed by atoms with E-state index in [1.165, 1.54) is 43.1 Å². The van der Waals surface area contributed by atoms with Gasteiger partial charge >= 0.3 is 0 Å². The van der Waals surface area contributed by atoms with Crippen LogP contribution in [0.4, 0.5) is 5.13 Å². The number of thiazole rings is 1. The fourth-order valence-corrected chi connectivity index (χ4v) is 3.93. The molecule has 0 aliphatic rings. The molecule has 0 bridgehead atoms.